The lowest BCUT2D eigenvalue weighted by molar-refractivity contribution is -0.140. The van der Waals surface area contributed by atoms with E-state index in [9.17, 15) is 14.7 Å². The summed E-state index contributed by atoms with van der Waals surface area (Å²) in [7, 11) is 2.92. The highest BCUT2D eigenvalue weighted by Gasteiger charge is 2.59. The minimum Gasteiger partial charge on any atom is -0.467 e. The van der Waals surface area contributed by atoms with Crippen molar-refractivity contribution in [1.29, 1.82) is 0 Å². The van der Waals surface area contributed by atoms with Crippen molar-refractivity contribution in [3.63, 3.8) is 0 Å². The first-order valence-electron chi connectivity index (χ1n) is 12.3. The summed E-state index contributed by atoms with van der Waals surface area (Å²) in [6, 6.07) is 2.98. The highest BCUT2D eigenvalue weighted by Crippen LogP contribution is 2.49. The first kappa shape index (κ1) is 30.8. The van der Waals surface area contributed by atoms with Gasteiger partial charge in [-0.1, -0.05) is 34.9 Å². The molecule has 0 aromatic heterocycles. The van der Waals surface area contributed by atoms with Crippen molar-refractivity contribution < 1.29 is 33.6 Å². The molecule has 0 heterocycles. The van der Waals surface area contributed by atoms with Gasteiger partial charge in [0.25, 0.3) is 0 Å². The Morgan fingerprint density at radius 2 is 1.54 bits per heavy atom. The molecule has 2 atom stereocenters. The van der Waals surface area contributed by atoms with E-state index in [0.717, 1.165) is 24.0 Å². The number of Topliss-reactive ketones (excluding diaryl/α,β-unsaturated/α-hetero) is 2. The average molecular weight is 535 g/mol. The lowest BCUT2D eigenvalue weighted by atomic mass is 9.68. The molecule has 2 rings (SSSR count). The number of allylic oxidation sites excluding steroid dienone is 5. The molecule has 1 N–H and O–H groups in total. The van der Waals surface area contributed by atoms with E-state index in [1.54, 1.807) is 6.08 Å². The van der Waals surface area contributed by atoms with Gasteiger partial charge in [-0.15, -0.1) is 11.6 Å². The van der Waals surface area contributed by atoms with Crippen molar-refractivity contribution in [3.8, 4) is 11.5 Å². The number of carbonyl (C=O) groups is 2. The number of ketones is 2. The molecule has 0 radical (unpaired) electrons. The van der Waals surface area contributed by atoms with E-state index in [2.05, 4.69) is 6.08 Å². The summed E-state index contributed by atoms with van der Waals surface area (Å²) in [5.74, 6) is -1.04. The molecule has 0 saturated carbocycles. The number of hydrogen-bond acceptors (Lipinski definition) is 7. The number of carbonyl (C=O) groups excluding carboxylic acids is 2. The molecule has 1 aromatic rings. The minimum atomic E-state index is -2.09. The number of halogens is 1. The zero-order valence-corrected chi connectivity index (χ0v) is 23.7. The van der Waals surface area contributed by atoms with Crippen LogP contribution in [0.1, 0.15) is 76.2 Å². The van der Waals surface area contributed by atoms with Gasteiger partial charge < -0.3 is 24.1 Å². The van der Waals surface area contributed by atoms with Crippen molar-refractivity contribution in [2.75, 3.05) is 27.8 Å². The lowest BCUT2D eigenvalue weighted by Crippen LogP contribution is -2.57. The molecule has 1 aliphatic rings. The molecular formula is C29H39ClO7. The standard InChI is InChI=1S/C29H39ClO7/c1-19(2)9-8-10-21(5)12-14-29(33)23-15-22(36-17-34-6)16-24(37-18-35-7)25(23)26(31)28(30,27(29)32)13-11-20(3)4/h9,11-12,15-16,33H,8,10,13-14,17-18H2,1-7H3/b21-12+/t28-,29-/m0/s1. The molecule has 1 aliphatic carbocycles. The Morgan fingerprint density at radius 1 is 0.919 bits per heavy atom. The number of aliphatic hydroxyl groups is 1. The molecule has 37 heavy (non-hydrogen) atoms. The maximum absolute atomic E-state index is 13.9. The quantitative estimate of drug-likeness (QED) is 0.143. The first-order valence-corrected chi connectivity index (χ1v) is 12.6. The molecule has 0 saturated heterocycles. The van der Waals surface area contributed by atoms with Gasteiger partial charge in [0.1, 0.15) is 11.5 Å². The van der Waals surface area contributed by atoms with E-state index in [1.165, 1.54) is 31.9 Å². The molecule has 0 spiro atoms. The maximum Gasteiger partial charge on any atom is 0.198 e. The monoisotopic (exact) mass is 534 g/mol. The van der Waals surface area contributed by atoms with Gasteiger partial charge in [-0.05, 0) is 59.9 Å². The van der Waals surface area contributed by atoms with Crippen LogP contribution in [-0.4, -0.2) is 49.4 Å². The SMILES string of the molecule is COCOc1cc(OCOC)c2c(c1)[C@@](O)(C/C=C(\C)CCC=C(C)C)C(=O)[C@](Cl)(CC=C(C)C)C2=O. The molecule has 0 fully saturated rings. The van der Waals surface area contributed by atoms with Crippen LogP contribution in [0.2, 0.25) is 0 Å². The summed E-state index contributed by atoms with van der Waals surface area (Å²) < 4.78 is 21.4. The van der Waals surface area contributed by atoms with Gasteiger partial charge in [-0.25, -0.2) is 0 Å². The van der Waals surface area contributed by atoms with Crippen LogP contribution in [0.4, 0.5) is 0 Å². The normalized spacial score (nSPS) is 21.4. The molecule has 0 aliphatic heterocycles. The number of alkyl halides is 1. The molecule has 204 valence electrons. The summed E-state index contributed by atoms with van der Waals surface area (Å²) in [4.78, 5) is 25.7. The zero-order valence-electron chi connectivity index (χ0n) is 22.9. The third-order valence-electron chi connectivity index (χ3n) is 6.15. The lowest BCUT2D eigenvalue weighted by Gasteiger charge is -2.40. The van der Waals surface area contributed by atoms with Gasteiger partial charge in [0.15, 0.2) is 35.6 Å². The average Bonchev–Trinajstić information content (AvgIpc) is 2.85. The van der Waals surface area contributed by atoms with Crippen molar-refractivity contribution in [2.24, 2.45) is 0 Å². The molecule has 0 bridgehead atoms. The van der Waals surface area contributed by atoms with Crippen LogP contribution in [0.5, 0.6) is 11.5 Å². The second-order valence-electron chi connectivity index (χ2n) is 9.83. The number of ether oxygens (including phenoxy) is 4. The second kappa shape index (κ2) is 13.4. The minimum absolute atomic E-state index is 0.0386. The molecule has 0 unspecified atom stereocenters. The number of fused-ring (bicyclic) bond motifs is 1. The molecular weight excluding hydrogens is 496 g/mol. The van der Waals surface area contributed by atoms with Gasteiger partial charge in [0, 0.05) is 32.3 Å². The highest BCUT2D eigenvalue weighted by molar-refractivity contribution is 6.51. The van der Waals surface area contributed by atoms with E-state index in [-0.39, 0.29) is 49.1 Å². The van der Waals surface area contributed by atoms with E-state index < -0.39 is 22.0 Å². The van der Waals surface area contributed by atoms with Crippen molar-refractivity contribution in [1.82, 2.24) is 0 Å². The van der Waals surface area contributed by atoms with Gasteiger partial charge in [0.05, 0.1) is 5.56 Å². The topological polar surface area (TPSA) is 91.3 Å². The van der Waals surface area contributed by atoms with E-state index >= 15 is 0 Å². The third-order valence-corrected chi connectivity index (χ3v) is 6.65. The van der Waals surface area contributed by atoms with Crippen LogP contribution < -0.4 is 9.47 Å². The van der Waals surface area contributed by atoms with Crippen LogP contribution in [0.3, 0.4) is 0 Å². The third kappa shape index (κ3) is 7.32. The maximum atomic E-state index is 13.9. The van der Waals surface area contributed by atoms with Crippen LogP contribution in [0.15, 0.2) is 47.1 Å². The number of hydrogen-bond donors (Lipinski definition) is 1. The molecule has 1 aromatic carbocycles. The number of benzene rings is 1. The summed E-state index contributed by atoms with van der Waals surface area (Å²) in [6.07, 6.45) is 7.17. The van der Waals surface area contributed by atoms with Gasteiger partial charge in [0.2, 0.25) is 0 Å². The van der Waals surface area contributed by atoms with E-state index in [4.69, 9.17) is 30.5 Å². The summed E-state index contributed by atoms with van der Waals surface area (Å²) in [5.41, 5.74) is 1.16. The van der Waals surface area contributed by atoms with E-state index in [1.807, 2.05) is 40.7 Å². The van der Waals surface area contributed by atoms with Crippen LogP contribution in [-0.2, 0) is 19.9 Å². The van der Waals surface area contributed by atoms with E-state index in [0.29, 0.717) is 0 Å². The Morgan fingerprint density at radius 3 is 2.14 bits per heavy atom. The Kier molecular flexibility index (Phi) is 11.1. The van der Waals surface area contributed by atoms with Crippen molar-refractivity contribution in [2.45, 2.75) is 70.8 Å². The fourth-order valence-corrected chi connectivity index (χ4v) is 4.42. The zero-order chi connectivity index (χ0) is 27.8. The Bertz CT molecular complexity index is 1080. The highest BCUT2D eigenvalue weighted by atomic mass is 35.5. The Labute approximate surface area is 225 Å². The fraction of sp³-hybridized carbons (Fsp3) is 0.517. The Hall–Kier alpha value is -2.45. The summed E-state index contributed by atoms with van der Waals surface area (Å²) in [6.45, 7) is 9.49. The number of rotatable bonds is 13. The van der Waals surface area contributed by atoms with Crippen LogP contribution >= 0.6 is 11.6 Å². The molecule has 0 amide bonds. The summed E-state index contributed by atoms with van der Waals surface area (Å²) in [5, 5.41) is 12.0. The predicted molar refractivity (Wildman–Crippen MR) is 144 cm³/mol. The predicted octanol–water partition coefficient (Wildman–Crippen LogP) is 6.02. The molecule has 7 nitrogen and oxygen atoms in total. The van der Waals surface area contributed by atoms with Crippen LogP contribution in [0, 0.1) is 0 Å². The fourth-order valence-electron chi connectivity index (χ4n) is 4.09. The number of methoxy groups -OCH3 is 2. The van der Waals surface area contributed by atoms with Gasteiger partial charge >= 0.3 is 0 Å². The summed E-state index contributed by atoms with van der Waals surface area (Å²) >= 11 is 6.83. The van der Waals surface area contributed by atoms with Crippen molar-refractivity contribution in [3.05, 3.63) is 58.2 Å². The smallest absolute Gasteiger partial charge is 0.198 e. The van der Waals surface area contributed by atoms with Crippen LogP contribution in [0.25, 0.3) is 0 Å². The van der Waals surface area contributed by atoms with Crippen molar-refractivity contribution >= 4 is 23.2 Å². The van der Waals surface area contributed by atoms with Gasteiger partial charge in [-0.3, -0.25) is 9.59 Å². The second-order valence-corrected chi connectivity index (χ2v) is 10.5. The Balaban J connectivity index is 2.71. The first-order chi connectivity index (χ1) is 17.4. The van der Waals surface area contributed by atoms with Gasteiger partial charge in [-0.2, -0.15) is 0 Å². The molecule has 8 heteroatoms. The largest absolute Gasteiger partial charge is 0.467 e.